The number of aryl methyl sites for hydroxylation is 1. The zero-order valence-electron chi connectivity index (χ0n) is 10.0. The van der Waals surface area contributed by atoms with E-state index in [9.17, 15) is 16.8 Å². The van der Waals surface area contributed by atoms with Crippen molar-refractivity contribution in [1.82, 2.24) is 9.97 Å². The van der Waals surface area contributed by atoms with Crippen molar-refractivity contribution in [2.24, 2.45) is 0 Å². The summed E-state index contributed by atoms with van der Waals surface area (Å²) >= 11 is 0. The second-order valence-electron chi connectivity index (χ2n) is 4.37. The molecule has 6 nitrogen and oxygen atoms in total. The van der Waals surface area contributed by atoms with Crippen LogP contribution in [-0.2, 0) is 31.7 Å². The van der Waals surface area contributed by atoms with Crippen molar-refractivity contribution in [1.29, 1.82) is 0 Å². The molecule has 0 radical (unpaired) electrons. The smallest absolute Gasteiger partial charge is 0.233 e. The molecule has 0 fully saturated rings. The molecule has 2 rings (SSSR count). The van der Waals surface area contributed by atoms with E-state index in [4.69, 9.17) is 10.7 Å². The van der Waals surface area contributed by atoms with E-state index >= 15 is 0 Å². The predicted molar refractivity (Wildman–Crippen MR) is 70.4 cm³/mol. The van der Waals surface area contributed by atoms with E-state index in [1.807, 2.05) is 0 Å². The van der Waals surface area contributed by atoms with Gasteiger partial charge in [-0.3, -0.25) is 0 Å². The van der Waals surface area contributed by atoms with Gasteiger partial charge in [0.25, 0.3) is 0 Å². The molecule has 0 unspecified atom stereocenters. The highest BCUT2D eigenvalue weighted by Gasteiger charge is 2.26. The predicted octanol–water partition coefficient (Wildman–Crippen LogP) is 0.698. The van der Waals surface area contributed by atoms with Gasteiger partial charge >= 0.3 is 0 Å². The van der Waals surface area contributed by atoms with Crippen molar-refractivity contribution >= 4 is 29.6 Å². The molecule has 9 heteroatoms. The monoisotopic (exact) mass is 324 g/mol. The Hall–Kier alpha value is -0.730. The Morgan fingerprint density at radius 1 is 1.05 bits per heavy atom. The minimum atomic E-state index is -3.84. The second-order valence-corrected chi connectivity index (χ2v) is 9.29. The summed E-state index contributed by atoms with van der Waals surface area (Å²) in [7, 11) is -2.54. The maximum Gasteiger partial charge on any atom is 0.233 e. The third-order valence-electron chi connectivity index (χ3n) is 2.98. The SMILES string of the molecule is O=S(=O)(Cl)CCS(=O)(=O)c1ncnc2c1CCCC2. The van der Waals surface area contributed by atoms with Gasteiger partial charge in [0.15, 0.2) is 14.9 Å². The number of nitrogens with zero attached hydrogens (tertiary/aromatic N) is 2. The summed E-state index contributed by atoms with van der Waals surface area (Å²) in [6.07, 6.45) is 4.41. The number of hydrogen-bond acceptors (Lipinski definition) is 6. The maximum atomic E-state index is 12.1. The van der Waals surface area contributed by atoms with Crippen LogP contribution in [0.4, 0.5) is 0 Å². The van der Waals surface area contributed by atoms with Gasteiger partial charge in [-0.2, -0.15) is 0 Å². The molecule has 0 spiro atoms. The molecule has 1 aliphatic rings. The molecule has 1 aliphatic carbocycles. The number of rotatable bonds is 4. The molecule has 19 heavy (non-hydrogen) atoms. The summed E-state index contributed by atoms with van der Waals surface area (Å²) in [5, 5.41) is -0.0440. The molecule has 1 aromatic heterocycles. The third-order valence-corrected chi connectivity index (χ3v) is 6.07. The fourth-order valence-electron chi connectivity index (χ4n) is 2.07. The van der Waals surface area contributed by atoms with Crippen LogP contribution in [0.3, 0.4) is 0 Å². The first-order valence-corrected chi connectivity index (χ1v) is 9.90. The Kier molecular flexibility index (Phi) is 4.12. The summed E-state index contributed by atoms with van der Waals surface area (Å²) in [6, 6.07) is 0. The molecule has 106 valence electrons. The Labute approximate surface area is 116 Å². The largest absolute Gasteiger partial charge is 0.241 e. The highest BCUT2D eigenvalue weighted by molar-refractivity contribution is 8.14. The van der Waals surface area contributed by atoms with Crippen LogP contribution in [0.15, 0.2) is 11.4 Å². The first-order valence-electron chi connectivity index (χ1n) is 5.77. The van der Waals surface area contributed by atoms with E-state index in [2.05, 4.69) is 9.97 Å². The van der Waals surface area contributed by atoms with Crippen LogP contribution in [0.2, 0.25) is 0 Å². The van der Waals surface area contributed by atoms with Gasteiger partial charge in [-0.25, -0.2) is 26.8 Å². The molecular formula is C10H13ClN2O4S2. The van der Waals surface area contributed by atoms with Crippen LogP contribution >= 0.6 is 10.7 Å². The summed E-state index contributed by atoms with van der Waals surface area (Å²) in [5.74, 6) is -1.17. The highest BCUT2D eigenvalue weighted by Crippen LogP contribution is 2.24. The topological polar surface area (TPSA) is 94.1 Å². The number of hydrogen-bond donors (Lipinski definition) is 0. The maximum absolute atomic E-state index is 12.1. The summed E-state index contributed by atoms with van der Waals surface area (Å²) in [6.45, 7) is 0. The Morgan fingerprint density at radius 2 is 1.74 bits per heavy atom. The molecule has 0 aromatic carbocycles. The van der Waals surface area contributed by atoms with Gasteiger partial charge in [0.1, 0.15) is 6.33 Å². The Morgan fingerprint density at radius 3 is 2.42 bits per heavy atom. The molecule has 0 aliphatic heterocycles. The van der Waals surface area contributed by atoms with Crippen molar-refractivity contribution < 1.29 is 16.8 Å². The number of aromatic nitrogens is 2. The summed E-state index contributed by atoms with van der Waals surface area (Å²) < 4.78 is 46.0. The Balaban J connectivity index is 2.36. The van der Waals surface area contributed by atoms with E-state index < -0.39 is 30.4 Å². The van der Waals surface area contributed by atoms with E-state index in [0.29, 0.717) is 12.0 Å². The van der Waals surface area contributed by atoms with Crippen LogP contribution in [-0.4, -0.2) is 38.3 Å². The van der Waals surface area contributed by atoms with Crippen molar-refractivity contribution in [3.8, 4) is 0 Å². The number of sulfone groups is 1. The van der Waals surface area contributed by atoms with E-state index in [0.717, 1.165) is 25.0 Å². The van der Waals surface area contributed by atoms with E-state index in [-0.39, 0.29) is 5.03 Å². The molecule has 0 N–H and O–H groups in total. The third kappa shape index (κ3) is 3.64. The van der Waals surface area contributed by atoms with Crippen LogP contribution < -0.4 is 0 Å². The van der Waals surface area contributed by atoms with Crippen molar-refractivity contribution in [2.75, 3.05) is 11.5 Å². The molecule has 0 atom stereocenters. The number of fused-ring (bicyclic) bond motifs is 1. The van der Waals surface area contributed by atoms with Gasteiger partial charge in [-0.1, -0.05) is 0 Å². The first kappa shape index (κ1) is 14.7. The van der Waals surface area contributed by atoms with Crippen molar-refractivity contribution in [2.45, 2.75) is 30.7 Å². The average molecular weight is 325 g/mol. The van der Waals surface area contributed by atoms with Gasteiger partial charge in [0.05, 0.1) is 11.5 Å². The zero-order valence-corrected chi connectivity index (χ0v) is 12.4. The zero-order chi connectivity index (χ0) is 14.1. The minimum absolute atomic E-state index is 0.0440. The fraction of sp³-hybridized carbons (Fsp3) is 0.600. The van der Waals surface area contributed by atoms with Gasteiger partial charge in [-0.15, -0.1) is 0 Å². The average Bonchev–Trinajstić information content (AvgIpc) is 2.35. The Bertz CT molecular complexity index is 685. The lowest BCUT2D eigenvalue weighted by atomic mass is 9.98. The quantitative estimate of drug-likeness (QED) is 0.597. The molecule has 1 heterocycles. The lowest BCUT2D eigenvalue weighted by Crippen LogP contribution is -2.20. The van der Waals surface area contributed by atoms with Crippen LogP contribution in [0.5, 0.6) is 0 Å². The van der Waals surface area contributed by atoms with Gasteiger partial charge in [0, 0.05) is 21.9 Å². The summed E-state index contributed by atoms with van der Waals surface area (Å²) in [4.78, 5) is 7.91. The highest BCUT2D eigenvalue weighted by atomic mass is 35.7. The van der Waals surface area contributed by atoms with Crippen molar-refractivity contribution in [3.05, 3.63) is 17.6 Å². The van der Waals surface area contributed by atoms with E-state index in [1.165, 1.54) is 6.33 Å². The molecule has 0 amide bonds. The second kappa shape index (κ2) is 5.34. The summed E-state index contributed by atoms with van der Waals surface area (Å²) in [5.41, 5.74) is 1.37. The lowest BCUT2D eigenvalue weighted by molar-refractivity contribution is 0.580. The number of halogens is 1. The van der Waals surface area contributed by atoms with Crippen molar-refractivity contribution in [3.63, 3.8) is 0 Å². The van der Waals surface area contributed by atoms with Crippen LogP contribution in [0, 0.1) is 0 Å². The molecule has 1 aromatic rings. The minimum Gasteiger partial charge on any atom is -0.241 e. The molecule has 0 bridgehead atoms. The molecule has 0 saturated carbocycles. The molecular weight excluding hydrogens is 312 g/mol. The lowest BCUT2D eigenvalue weighted by Gasteiger charge is -2.16. The molecule has 0 saturated heterocycles. The first-order chi connectivity index (χ1) is 8.80. The van der Waals surface area contributed by atoms with E-state index in [1.54, 1.807) is 0 Å². The van der Waals surface area contributed by atoms with Gasteiger partial charge < -0.3 is 0 Å². The fourth-order valence-corrected chi connectivity index (χ4v) is 5.30. The normalized spacial score (nSPS) is 16.1. The van der Waals surface area contributed by atoms with Gasteiger partial charge in [0.2, 0.25) is 9.05 Å². The van der Waals surface area contributed by atoms with Gasteiger partial charge in [-0.05, 0) is 25.7 Å². The van der Waals surface area contributed by atoms with Crippen LogP contribution in [0.1, 0.15) is 24.1 Å². The standard InChI is InChI=1S/C10H13ClN2O4S2/c11-19(16,17)6-5-18(14,15)10-8-3-1-2-4-9(8)12-7-13-10/h7H,1-6H2. The van der Waals surface area contributed by atoms with Crippen LogP contribution in [0.25, 0.3) is 0 Å².